The van der Waals surface area contributed by atoms with Crippen molar-refractivity contribution in [2.75, 3.05) is 0 Å². The minimum Gasteiger partial charge on any atom is -0.269 e. The maximum atomic E-state index is 12.4. The molecule has 4 rings (SSSR count). The molecule has 0 unspecified atom stereocenters. The van der Waals surface area contributed by atoms with Crippen LogP contribution in [0.3, 0.4) is 0 Å². The summed E-state index contributed by atoms with van der Waals surface area (Å²) in [5.41, 5.74) is 2.49. The number of imide groups is 1. The molecular formula is C20H18N2O2. The van der Waals surface area contributed by atoms with E-state index in [1.807, 2.05) is 50.2 Å². The normalized spacial score (nSPS) is 12.8. The van der Waals surface area contributed by atoms with Gasteiger partial charge in [-0.05, 0) is 24.3 Å². The maximum absolute atomic E-state index is 12.4. The topological polar surface area (TPSA) is 50.3 Å². The van der Waals surface area contributed by atoms with E-state index in [4.69, 9.17) is 0 Å². The van der Waals surface area contributed by atoms with Gasteiger partial charge in [-0.1, -0.05) is 50.2 Å². The van der Waals surface area contributed by atoms with Gasteiger partial charge >= 0.3 is 0 Å². The summed E-state index contributed by atoms with van der Waals surface area (Å²) >= 11 is 0. The number of amides is 2. The van der Waals surface area contributed by atoms with Crippen molar-refractivity contribution < 1.29 is 9.59 Å². The predicted octanol–water partition coefficient (Wildman–Crippen LogP) is 4.06. The van der Waals surface area contributed by atoms with Crippen LogP contribution in [0.4, 0.5) is 0 Å². The molecule has 24 heavy (non-hydrogen) atoms. The van der Waals surface area contributed by atoms with Gasteiger partial charge in [0.2, 0.25) is 0 Å². The second-order valence-electron chi connectivity index (χ2n) is 5.24. The van der Waals surface area contributed by atoms with E-state index in [9.17, 15) is 9.59 Å². The molecule has 4 heteroatoms. The van der Waals surface area contributed by atoms with E-state index < -0.39 is 0 Å². The highest BCUT2D eigenvalue weighted by Crippen LogP contribution is 2.24. The third-order valence-corrected chi connectivity index (χ3v) is 3.85. The molecule has 0 N–H and O–H groups in total. The molecule has 1 aliphatic heterocycles. The highest BCUT2D eigenvalue weighted by atomic mass is 16.2. The second-order valence-corrected chi connectivity index (χ2v) is 5.24. The zero-order valence-electron chi connectivity index (χ0n) is 13.7. The molecule has 2 amide bonds. The average Bonchev–Trinajstić information content (AvgIpc) is 2.89. The van der Waals surface area contributed by atoms with Crippen molar-refractivity contribution in [1.29, 1.82) is 0 Å². The molecular weight excluding hydrogens is 300 g/mol. The van der Waals surface area contributed by atoms with Crippen LogP contribution in [0, 0.1) is 0 Å². The highest BCUT2D eigenvalue weighted by molar-refractivity contribution is 6.21. The predicted molar refractivity (Wildman–Crippen MR) is 93.7 cm³/mol. The van der Waals surface area contributed by atoms with Gasteiger partial charge < -0.3 is 0 Å². The van der Waals surface area contributed by atoms with Gasteiger partial charge in [-0.2, -0.15) is 0 Å². The molecule has 2 heterocycles. The fourth-order valence-electron chi connectivity index (χ4n) is 2.74. The Morgan fingerprint density at radius 3 is 2.04 bits per heavy atom. The standard InChI is InChI=1S/C18H12N2O2.C2H6/c21-17-14-6-2-3-7-15(14)18(22)20(17)11-13-10-9-12-5-1-4-8-16(12)19-13;1-2/h1-10H,11H2;1-2H3. The number of rotatable bonds is 2. The van der Waals surface area contributed by atoms with Crippen LogP contribution in [0.15, 0.2) is 60.7 Å². The summed E-state index contributed by atoms with van der Waals surface area (Å²) in [6.45, 7) is 4.19. The SMILES string of the molecule is CC.O=C1c2ccccc2C(=O)N1Cc1ccc2ccccc2n1. The lowest BCUT2D eigenvalue weighted by molar-refractivity contribution is 0.0640. The van der Waals surface area contributed by atoms with Crippen LogP contribution in [-0.4, -0.2) is 21.7 Å². The largest absolute Gasteiger partial charge is 0.269 e. The molecule has 0 bridgehead atoms. The molecule has 1 aliphatic rings. The Morgan fingerprint density at radius 2 is 1.38 bits per heavy atom. The molecule has 0 aliphatic carbocycles. The summed E-state index contributed by atoms with van der Waals surface area (Å²) in [4.78, 5) is 30.5. The summed E-state index contributed by atoms with van der Waals surface area (Å²) < 4.78 is 0. The van der Waals surface area contributed by atoms with Crippen molar-refractivity contribution in [2.24, 2.45) is 0 Å². The van der Waals surface area contributed by atoms with Crippen LogP contribution in [-0.2, 0) is 6.54 Å². The first-order chi connectivity index (χ1) is 11.7. The Hall–Kier alpha value is -3.01. The van der Waals surface area contributed by atoms with Crippen LogP contribution in [0.1, 0.15) is 40.3 Å². The Morgan fingerprint density at radius 1 is 0.792 bits per heavy atom. The highest BCUT2D eigenvalue weighted by Gasteiger charge is 2.35. The van der Waals surface area contributed by atoms with Gasteiger partial charge in [-0.3, -0.25) is 19.5 Å². The smallest absolute Gasteiger partial charge is 0.261 e. The van der Waals surface area contributed by atoms with Crippen molar-refractivity contribution in [3.05, 3.63) is 77.5 Å². The monoisotopic (exact) mass is 318 g/mol. The molecule has 0 saturated carbocycles. The Balaban J connectivity index is 0.000000815. The number of aromatic nitrogens is 1. The quantitative estimate of drug-likeness (QED) is 0.670. The zero-order valence-corrected chi connectivity index (χ0v) is 13.7. The molecule has 1 aromatic heterocycles. The summed E-state index contributed by atoms with van der Waals surface area (Å²) in [5.74, 6) is -0.508. The van der Waals surface area contributed by atoms with Crippen molar-refractivity contribution in [3.8, 4) is 0 Å². The first-order valence-electron chi connectivity index (χ1n) is 8.04. The number of pyridine rings is 1. The molecule has 2 aromatic carbocycles. The molecule has 0 radical (unpaired) electrons. The van der Waals surface area contributed by atoms with Gasteiger partial charge in [0.05, 0.1) is 28.9 Å². The molecule has 0 saturated heterocycles. The zero-order chi connectivity index (χ0) is 17.1. The van der Waals surface area contributed by atoms with Crippen LogP contribution < -0.4 is 0 Å². The van der Waals surface area contributed by atoms with E-state index in [0.29, 0.717) is 16.8 Å². The van der Waals surface area contributed by atoms with Crippen molar-refractivity contribution in [2.45, 2.75) is 20.4 Å². The number of hydrogen-bond acceptors (Lipinski definition) is 3. The first-order valence-corrected chi connectivity index (χ1v) is 8.04. The number of nitrogens with zero attached hydrogens (tertiary/aromatic N) is 2. The lowest BCUT2D eigenvalue weighted by Crippen LogP contribution is -2.29. The summed E-state index contributed by atoms with van der Waals surface area (Å²) in [7, 11) is 0. The van der Waals surface area contributed by atoms with E-state index >= 15 is 0 Å². The second kappa shape index (κ2) is 6.62. The van der Waals surface area contributed by atoms with Gasteiger partial charge in [0.1, 0.15) is 0 Å². The molecule has 0 fully saturated rings. The Labute approximate surface area is 140 Å². The number of hydrogen-bond donors (Lipinski definition) is 0. The van der Waals surface area contributed by atoms with Gasteiger partial charge in [-0.15, -0.1) is 0 Å². The van der Waals surface area contributed by atoms with E-state index in [-0.39, 0.29) is 18.4 Å². The molecule has 120 valence electrons. The van der Waals surface area contributed by atoms with Gasteiger partial charge in [0, 0.05) is 5.39 Å². The lowest BCUT2D eigenvalue weighted by Gasteiger charge is -2.13. The van der Waals surface area contributed by atoms with Crippen LogP contribution in [0.5, 0.6) is 0 Å². The molecule has 0 atom stereocenters. The van der Waals surface area contributed by atoms with Crippen molar-refractivity contribution >= 4 is 22.7 Å². The van der Waals surface area contributed by atoms with E-state index in [2.05, 4.69) is 4.98 Å². The number of carbonyl (C=O) groups excluding carboxylic acids is 2. The molecule has 4 nitrogen and oxygen atoms in total. The van der Waals surface area contributed by atoms with Crippen molar-refractivity contribution in [1.82, 2.24) is 9.88 Å². The number of carbonyl (C=O) groups is 2. The van der Waals surface area contributed by atoms with Gasteiger partial charge in [0.15, 0.2) is 0 Å². The van der Waals surface area contributed by atoms with Crippen molar-refractivity contribution in [3.63, 3.8) is 0 Å². The number of fused-ring (bicyclic) bond motifs is 2. The maximum Gasteiger partial charge on any atom is 0.261 e. The first kappa shape index (κ1) is 15.9. The minimum atomic E-state index is -0.254. The number of benzene rings is 2. The van der Waals surface area contributed by atoms with E-state index in [1.54, 1.807) is 24.3 Å². The van der Waals surface area contributed by atoms with Crippen LogP contribution in [0.2, 0.25) is 0 Å². The van der Waals surface area contributed by atoms with E-state index in [0.717, 1.165) is 10.9 Å². The van der Waals surface area contributed by atoms with E-state index in [1.165, 1.54) is 4.90 Å². The fourth-order valence-corrected chi connectivity index (χ4v) is 2.74. The Bertz CT molecular complexity index is 883. The lowest BCUT2D eigenvalue weighted by atomic mass is 10.1. The summed E-state index contributed by atoms with van der Waals surface area (Å²) in [5, 5.41) is 1.04. The van der Waals surface area contributed by atoms with Crippen LogP contribution >= 0.6 is 0 Å². The fraction of sp³-hybridized carbons (Fsp3) is 0.150. The minimum absolute atomic E-state index is 0.192. The Kier molecular flexibility index (Phi) is 4.38. The average molecular weight is 318 g/mol. The third kappa shape index (κ3) is 2.67. The molecule has 3 aromatic rings. The van der Waals surface area contributed by atoms with Gasteiger partial charge in [0.25, 0.3) is 11.8 Å². The summed E-state index contributed by atoms with van der Waals surface area (Å²) in [6, 6.07) is 18.5. The number of para-hydroxylation sites is 1. The van der Waals surface area contributed by atoms with Crippen LogP contribution in [0.25, 0.3) is 10.9 Å². The molecule has 0 spiro atoms. The van der Waals surface area contributed by atoms with Gasteiger partial charge in [-0.25, -0.2) is 0 Å². The third-order valence-electron chi connectivity index (χ3n) is 3.85. The summed E-state index contributed by atoms with van der Waals surface area (Å²) in [6.07, 6.45) is 0.